The van der Waals surface area contributed by atoms with Crippen LogP contribution < -0.4 is 10.2 Å². The molecule has 0 heterocycles. The van der Waals surface area contributed by atoms with Crippen molar-refractivity contribution in [1.29, 1.82) is 0 Å². The van der Waals surface area contributed by atoms with Gasteiger partial charge in [-0.3, -0.25) is 0 Å². The number of carbonyl (C=O) groups excluding carboxylic acids is 4. The maximum atomic E-state index is 11.4. The molecule has 0 atom stereocenters. The number of aliphatic carboxylic acids is 2. The molecule has 0 aromatic heterocycles. The van der Waals surface area contributed by atoms with Gasteiger partial charge in [0.05, 0.1) is 21.4 Å². The Hall–Kier alpha value is -0.621. The SMILES string of the molecule is CC(C)CCCCCC(S)(CCCCCC(C)C)C(=O)[O-].CC(C)CCCCCC(S)(CCCCCC(C)C)C(=O)[O-].CCCCOC(=O)C[CH2][Sn+2][CH2]CC(=O)OCCCC. The van der Waals surface area contributed by atoms with Crippen molar-refractivity contribution in [3.63, 3.8) is 0 Å². The van der Waals surface area contributed by atoms with Crippen molar-refractivity contribution < 1.29 is 38.9 Å². The summed E-state index contributed by atoms with van der Waals surface area (Å²) in [7, 11) is 0. The predicted octanol–water partition coefficient (Wildman–Crippen LogP) is 12.2. The van der Waals surface area contributed by atoms with Crippen LogP contribution in [0.4, 0.5) is 0 Å². The Balaban J connectivity index is -0.000000829. The van der Waals surface area contributed by atoms with Crippen LogP contribution in [0.15, 0.2) is 0 Å². The van der Waals surface area contributed by atoms with E-state index in [-0.39, 0.29) is 11.9 Å². The summed E-state index contributed by atoms with van der Waals surface area (Å²) in [5, 5.41) is 22.8. The summed E-state index contributed by atoms with van der Waals surface area (Å²) in [5.74, 6) is 0.776. The van der Waals surface area contributed by atoms with Crippen LogP contribution in [-0.4, -0.2) is 67.7 Å². The van der Waals surface area contributed by atoms with Crippen LogP contribution in [0.5, 0.6) is 0 Å². The molecule has 0 saturated carbocycles. The molecule has 0 aliphatic carbocycles. The Bertz CT molecular complexity index is 937. The molecule has 0 rings (SSSR count). The van der Waals surface area contributed by atoms with E-state index in [1.54, 1.807) is 0 Å². The number of unbranched alkanes of at least 4 members (excludes halogenated alkanes) is 10. The summed E-state index contributed by atoms with van der Waals surface area (Å²) in [5.41, 5.74) is 0. The number of carbonyl (C=O) groups is 4. The average Bonchev–Trinajstić information content (AvgIpc) is 3.17. The number of hydrogen-bond acceptors (Lipinski definition) is 10. The summed E-state index contributed by atoms with van der Waals surface area (Å²) >= 11 is 8.27. The van der Waals surface area contributed by atoms with E-state index in [0.29, 0.717) is 51.7 Å². The van der Waals surface area contributed by atoms with Crippen molar-refractivity contribution >= 4 is 70.3 Å². The number of ether oxygens (including phenoxy) is 2. The molecule has 0 aliphatic rings. The average molecular weight is 1010 g/mol. The Morgan fingerprint density at radius 1 is 0.459 bits per heavy atom. The zero-order valence-corrected chi connectivity index (χ0v) is 45.8. The molecule has 0 aromatic carbocycles. The van der Waals surface area contributed by atoms with Crippen LogP contribution in [-0.2, 0) is 28.7 Å². The van der Waals surface area contributed by atoms with Crippen LogP contribution in [0.25, 0.3) is 0 Å². The van der Waals surface area contributed by atoms with Crippen LogP contribution >= 0.6 is 25.3 Å². The van der Waals surface area contributed by atoms with Crippen LogP contribution in [0, 0.1) is 23.7 Å². The van der Waals surface area contributed by atoms with E-state index in [4.69, 9.17) is 9.47 Å². The second kappa shape index (κ2) is 43.3. The number of rotatable bonds is 38. The van der Waals surface area contributed by atoms with Gasteiger partial charge in [0.25, 0.3) is 0 Å². The van der Waals surface area contributed by atoms with Gasteiger partial charge in [0.1, 0.15) is 0 Å². The molecule has 0 amide bonds. The topological polar surface area (TPSA) is 133 Å². The van der Waals surface area contributed by atoms with Crippen LogP contribution in [0.2, 0.25) is 8.87 Å². The quantitative estimate of drug-likeness (QED) is 0.0270. The number of esters is 2. The van der Waals surface area contributed by atoms with E-state index >= 15 is 0 Å². The van der Waals surface area contributed by atoms with Crippen molar-refractivity contribution in [1.82, 2.24) is 0 Å². The molecule has 0 N–H and O–H groups in total. The fourth-order valence-corrected chi connectivity index (χ4v) is 10.1. The van der Waals surface area contributed by atoms with E-state index in [9.17, 15) is 29.4 Å². The van der Waals surface area contributed by atoms with E-state index in [0.717, 1.165) is 110 Å². The van der Waals surface area contributed by atoms with Gasteiger partial charge in [-0.05, 0) is 49.4 Å². The molecule has 0 fully saturated rings. The van der Waals surface area contributed by atoms with Crippen LogP contribution in [0.3, 0.4) is 0 Å². The molecule has 0 bridgehead atoms. The van der Waals surface area contributed by atoms with Crippen molar-refractivity contribution in [2.75, 3.05) is 13.2 Å². The molecule has 0 aliphatic heterocycles. The number of hydrogen-bond donors (Lipinski definition) is 2. The van der Waals surface area contributed by atoms with E-state index < -0.39 is 42.6 Å². The van der Waals surface area contributed by atoms with Gasteiger partial charge in [-0.25, -0.2) is 0 Å². The molecule has 0 spiro atoms. The molecule has 61 heavy (non-hydrogen) atoms. The summed E-state index contributed by atoms with van der Waals surface area (Å²) in [6, 6.07) is 0. The Kier molecular flexibility index (Phi) is 45.9. The van der Waals surface area contributed by atoms with Gasteiger partial charge >= 0.3 is 127 Å². The predicted molar refractivity (Wildman–Crippen MR) is 261 cm³/mol. The van der Waals surface area contributed by atoms with Gasteiger partial charge in [-0.2, -0.15) is 25.3 Å². The first-order chi connectivity index (χ1) is 28.8. The first-order valence-electron chi connectivity index (χ1n) is 24.7. The van der Waals surface area contributed by atoms with Gasteiger partial charge < -0.3 is 19.8 Å². The Labute approximate surface area is 398 Å². The third-order valence-corrected chi connectivity index (χ3v) is 15.5. The van der Waals surface area contributed by atoms with Gasteiger partial charge in [0, 0.05) is 0 Å². The number of thiol groups is 2. The molecule has 360 valence electrons. The van der Waals surface area contributed by atoms with E-state index in [2.05, 4.69) is 94.5 Å². The first kappa shape index (κ1) is 64.7. The molecular formula is C50H96O8S2Sn. The number of carboxylic acids is 2. The van der Waals surface area contributed by atoms with Gasteiger partial charge in [0.2, 0.25) is 0 Å². The molecular weight excluding hydrogens is 911 g/mol. The molecule has 0 unspecified atom stereocenters. The minimum atomic E-state index is -0.987. The standard InChI is InChI=1S/2C18H36O2S.2C7H13O2.Sn/c2*1-15(2)11-7-5-9-13-18(21,17(19)20)14-10-6-8-12-16(3)4;2*1-3-5-6-9-7(8)4-2;/h2*15-16,21H,5-14H2,1-4H3,(H,19,20);2*2-6H2,1H3;/q;;;;+2/p-2. The zero-order valence-electron chi connectivity index (χ0n) is 41.2. The third kappa shape index (κ3) is 45.7. The second-order valence-electron chi connectivity index (χ2n) is 19.0. The second-order valence-corrected chi connectivity index (χ2v) is 25.0. The van der Waals surface area contributed by atoms with Crippen LogP contribution in [0.1, 0.15) is 236 Å². The van der Waals surface area contributed by atoms with Gasteiger partial charge in [-0.15, -0.1) is 0 Å². The summed E-state index contributed by atoms with van der Waals surface area (Å²) < 4.78 is 10.2. The molecule has 0 saturated heterocycles. The van der Waals surface area contributed by atoms with E-state index in [1.165, 1.54) is 51.4 Å². The van der Waals surface area contributed by atoms with Crippen molar-refractivity contribution in [3.8, 4) is 0 Å². The summed E-state index contributed by atoms with van der Waals surface area (Å²) in [6.07, 6.45) is 25.4. The number of carboxylic acid groups (broad SMARTS) is 2. The minimum absolute atomic E-state index is 0.0835. The monoisotopic (exact) mass is 1010 g/mol. The fourth-order valence-electron chi connectivity index (χ4n) is 6.56. The summed E-state index contributed by atoms with van der Waals surface area (Å²) in [6.45, 7) is 23.0. The zero-order chi connectivity index (χ0) is 47.0. The van der Waals surface area contributed by atoms with Crippen molar-refractivity contribution in [2.45, 2.75) is 255 Å². The third-order valence-electron chi connectivity index (χ3n) is 10.8. The molecule has 0 radical (unpaired) electrons. The Morgan fingerprint density at radius 2 is 0.721 bits per heavy atom. The van der Waals surface area contributed by atoms with Crippen molar-refractivity contribution in [3.05, 3.63) is 0 Å². The normalized spacial score (nSPS) is 11.5. The van der Waals surface area contributed by atoms with Gasteiger partial charge in [-0.1, -0.05) is 158 Å². The summed E-state index contributed by atoms with van der Waals surface area (Å²) in [4.78, 5) is 45.4. The molecule has 0 aromatic rings. The Morgan fingerprint density at radius 3 is 0.934 bits per heavy atom. The van der Waals surface area contributed by atoms with Gasteiger partial charge in [0.15, 0.2) is 0 Å². The first-order valence-corrected chi connectivity index (χ1v) is 29.6. The van der Waals surface area contributed by atoms with Crippen molar-refractivity contribution in [2.24, 2.45) is 23.7 Å². The fraction of sp³-hybridized carbons (Fsp3) is 0.920. The van der Waals surface area contributed by atoms with E-state index in [1.807, 2.05) is 0 Å². The maximum absolute atomic E-state index is 11.4. The molecule has 8 nitrogen and oxygen atoms in total. The molecule has 11 heteroatoms.